The first-order valence-electron chi connectivity index (χ1n) is 5.46. The molecule has 0 radical (unpaired) electrons. The molecule has 0 atom stereocenters. The molecule has 2 nitrogen and oxygen atoms in total. The van der Waals surface area contributed by atoms with Crippen LogP contribution in [0.25, 0.3) is 0 Å². The third-order valence-electron chi connectivity index (χ3n) is 2.56. The molecule has 0 amide bonds. The van der Waals surface area contributed by atoms with Crippen LogP contribution in [0.1, 0.15) is 19.8 Å². The van der Waals surface area contributed by atoms with Crippen molar-refractivity contribution in [2.45, 2.75) is 19.8 Å². The van der Waals surface area contributed by atoms with Crippen LogP contribution in [0.5, 0.6) is 0 Å². The number of hydrogen-bond acceptors (Lipinski definition) is 2. The molecule has 0 saturated heterocycles. The number of benzene rings is 1. The van der Waals surface area contributed by atoms with Crippen molar-refractivity contribution in [3.05, 3.63) is 42.6 Å². The molecule has 1 aromatic rings. The standard InChI is InChI=1S/C13H16N2/c1-2-15(12-8-4-3-5-9-12)13-10-6-7-11-14-13/h3-5,7-9,11H,2,6,10H2,1H3. The van der Waals surface area contributed by atoms with E-state index in [1.807, 2.05) is 12.3 Å². The molecule has 0 aliphatic carbocycles. The lowest BCUT2D eigenvalue weighted by Gasteiger charge is -2.25. The van der Waals surface area contributed by atoms with Gasteiger partial charge in [0, 0.05) is 24.9 Å². The molecule has 1 aliphatic rings. The second kappa shape index (κ2) is 4.78. The highest BCUT2D eigenvalue weighted by atomic mass is 15.2. The summed E-state index contributed by atoms with van der Waals surface area (Å²) in [6.45, 7) is 3.13. The molecule has 15 heavy (non-hydrogen) atoms. The average molecular weight is 200 g/mol. The maximum atomic E-state index is 4.44. The van der Waals surface area contributed by atoms with Crippen molar-refractivity contribution in [3.63, 3.8) is 0 Å². The van der Waals surface area contributed by atoms with E-state index in [4.69, 9.17) is 0 Å². The van der Waals surface area contributed by atoms with E-state index in [9.17, 15) is 0 Å². The van der Waals surface area contributed by atoms with Gasteiger partial charge in [0.2, 0.25) is 0 Å². The van der Waals surface area contributed by atoms with E-state index < -0.39 is 0 Å². The monoisotopic (exact) mass is 200 g/mol. The van der Waals surface area contributed by atoms with Gasteiger partial charge in [0.05, 0.1) is 0 Å². The Morgan fingerprint density at radius 1 is 1.27 bits per heavy atom. The van der Waals surface area contributed by atoms with E-state index in [-0.39, 0.29) is 0 Å². The van der Waals surface area contributed by atoms with Gasteiger partial charge < -0.3 is 4.90 Å². The van der Waals surface area contributed by atoms with Gasteiger partial charge >= 0.3 is 0 Å². The van der Waals surface area contributed by atoms with Crippen LogP contribution in [-0.4, -0.2) is 12.4 Å². The summed E-state index contributed by atoms with van der Waals surface area (Å²) in [4.78, 5) is 6.71. The Balaban J connectivity index is 2.24. The highest BCUT2D eigenvalue weighted by molar-refractivity contribution is 5.98. The van der Waals surface area contributed by atoms with Gasteiger partial charge in [0.15, 0.2) is 0 Å². The van der Waals surface area contributed by atoms with Crippen molar-refractivity contribution < 1.29 is 0 Å². The number of aliphatic imine (C=N–C) groups is 1. The summed E-state index contributed by atoms with van der Waals surface area (Å²) in [5.74, 6) is 1.17. The Bertz CT molecular complexity index is 365. The first-order valence-corrected chi connectivity index (χ1v) is 5.46. The molecule has 78 valence electrons. The summed E-state index contributed by atoms with van der Waals surface area (Å²) < 4.78 is 0. The minimum atomic E-state index is 0.969. The summed E-state index contributed by atoms with van der Waals surface area (Å²) >= 11 is 0. The third kappa shape index (κ3) is 2.27. The topological polar surface area (TPSA) is 15.6 Å². The zero-order chi connectivity index (χ0) is 10.5. The maximum Gasteiger partial charge on any atom is 0.109 e. The van der Waals surface area contributed by atoms with E-state index in [1.54, 1.807) is 0 Å². The fraction of sp³-hybridized carbons (Fsp3) is 0.308. The summed E-state index contributed by atoms with van der Waals surface area (Å²) in [5.41, 5.74) is 1.23. The molecule has 0 bridgehead atoms. The normalized spacial score (nSPS) is 14.9. The highest BCUT2D eigenvalue weighted by Gasteiger charge is 2.11. The molecule has 0 spiro atoms. The first-order chi connectivity index (χ1) is 7.42. The number of rotatable bonds is 2. The van der Waals surface area contributed by atoms with Gasteiger partial charge in [-0.15, -0.1) is 0 Å². The average Bonchev–Trinajstić information content (AvgIpc) is 2.33. The van der Waals surface area contributed by atoms with Crippen LogP contribution in [0.15, 0.2) is 47.6 Å². The second-order valence-electron chi connectivity index (χ2n) is 3.55. The molecule has 0 N–H and O–H groups in total. The Hall–Kier alpha value is -1.57. The lowest BCUT2D eigenvalue weighted by Crippen LogP contribution is -2.30. The molecule has 0 unspecified atom stereocenters. The molecule has 0 aromatic heterocycles. The molecule has 1 aromatic carbocycles. The minimum absolute atomic E-state index is 0.969. The fourth-order valence-electron chi connectivity index (χ4n) is 1.82. The number of anilines is 1. The van der Waals surface area contributed by atoms with E-state index in [1.165, 1.54) is 11.5 Å². The fourth-order valence-corrected chi connectivity index (χ4v) is 1.82. The Labute approximate surface area is 90.9 Å². The van der Waals surface area contributed by atoms with E-state index >= 15 is 0 Å². The van der Waals surface area contributed by atoms with Crippen molar-refractivity contribution in [1.82, 2.24) is 0 Å². The lowest BCUT2D eigenvalue weighted by atomic mass is 10.2. The maximum absolute atomic E-state index is 4.44. The van der Waals surface area contributed by atoms with Gasteiger partial charge in [0.1, 0.15) is 5.84 Å². The van der Waals surface area contributed by atoms with Crippen LogP contribution in [0.3, 0.4) is 0 Å². The number of nitrogens with zero attached hydrogens (tertiary/aromatic N) is 2. The Morgan fingerprint density at radius 3 is 2.67 bits per heavy atom. The van der Waals surface area contributed by atoms with Crippen LogP contribution in [0, 0.1) is 0 Å². The van der Waals surface area contributed by atoms with Crippen molar-refractivity contribution in [1.29, 1.82) is 0 Å². The van der Waals surface area contributed by atoms with Crippen LogP contribution in [0.2, 0.25) is 0 Å². The second-order valence-corrected chi connectivity index (χ2v) is 3.55. The number of amidine groups is 1. The largest absolute Gasteiger partial charge is 0.330 e. The van der Waals surface area contributed by atoms with Gasteiger partial charge in [0.25, 0.3) is 0 Å². The number of hydrogen-bond donors (Lipinski definition) is 0. The molecule has 1 heterocycles. The summed E-state index contributed by atoms with van der Waals surface area (Å²) in [5, 5.41) is 0. The van der Waals surface area contributed by atoms with Crippen molar-refractivity contribution in [3.8, 4) is 0 Å². The Morgan fingerprint density at radius 2 is 2.07 bits per heavy atom. The van der Waals surface area contributed by atoms with Gasteiger partial charge in [-0.3, -0.25) is 0 Å². The van der Waals surface area contributed by atoms with Crippen molar-refractivity contribution >= 4 is 11.5 Å². The van der Waals surface area contributed by atoms with Gasteiger partial charge in [-0.2, -0.15) is 0 Å². The number of allylic oxidation sites excluding steroid dienone is 1. The molecule has 1 aliphatic heterocycles. The summed E-state index contributed by atoms with van der Waals surface area (Å²) in [7, 11) is 0. The molecule has 2 heteroatoms. The molecular weight excluding hydrogens is 184 g/mol. The summed E-state index contributed by atoms with van der Waals surface area (Å²) in [6, 6.07) is 10.4. The van der Waals surface area contributed by atoms with Crippen LogP contribution in [-0.2, 0) is 0 Å². The van der Waals surface area contributed by atoms with Crippen LogP contribution >= 0.6 is 0 Å². The smallest absolute Gasteiger partial charge is 0.109 e. The van der Waals surface area contributed by atoms with Crippen molar-refractivity contribution in [2.24, 2.45) is 4.99 Å². The molecule has 2 rings (SSSR count). The zero-order valence-electron chi connectivity index (χ0n) is 9.06. The van der Waals surface area contributed by atoms with E-state index in [0.717, 1.165) is 19.4 Å². The van der Waals surface area contributed by atoms with Gasteiger partial charge in [-0.05, 0) is 25.5 Å². The zero-order valence-corrected chi connectivity index (χ0v) is 9.06. The van der Waals surface area contributed by atoms with Crippen LogP contribution < -0.4 is 4.90 Å². The van der Waals surface area contributed by atoms with E-state index in [0.29, 0.717) is 0 Å². The van der Waals surface area contributed by atoms with Gasteiger partial charge in [-0.25, -0.2) is 4.99 Å². The molecular formula is C13H16N2. The third-order valence-corrected chi connectivity index (χ3v) is 2.56. The lowest BCUT2D eigenvalue weighted by molar-refractivity contribution is 0.963. The molecule has 0 saturated carbocycles. The van der Waals surface area contributed by atoms with E-state index in [2.05, 4.69) is 47.2 Å². The highest BCUT2D eigenvalue weighted by Crippen LogP contribution is 2.17. The quantitative estimate of drug-likeness (QED) is 0.715. The number of para-hydroxylation sites is 1. The SMILES string of the molecule is CCN(C1=NC=CCC1)c1ccccc1. The van der Waals surface area contributed by atoms with Crippen molar-refractivity contribution in [2.75, 3.05) is 11.4 Å². The van der Waals surface area contributed by atoms with Gasteiger partial charge in [-0.1, -0.05) is 24.3 Å². The van der Waals surface area contributed by atoms with Crippen LogP contribution in [0.4, 0.5) is 5.69 Å². The minimum Gasteiger partial charge on any atom is -0.330 e. The summed E-state index contributed by atoms with van der Waals surface area (Å²) in [6.07, 6.45) is 6.16. The predicted molar refractivity (Wildman–Crippen MR) is 65.3 cm³/mol. The molecule has 0 fully saturated rings. The predicted octanol–water partition coefficient (Wildman–Crippen LogP) is 3.22. The first kappa shape index (κ1) is 9.97. The Kier molecular flexibility index (Phi) is 3.18.